The lowest BCUT2D eigenvalue weighted by Gasteiger charge is -2.01. The van der Waals surface area contributed by atoms with Gasteiger partial charge in [0.05, 0.1) is 12.7 Å². The van der Waals surface area contributed by atoms with Gasteiger partial charge in [0.25, 0.3) is 0 Å². The van der Waals surface area contributed by atoms with Gasteiger partial charge in [-0.25, -0.2) is 0 Å². The van der Waals surface area contributed by atoms with Crippen LogP contribution in [0, 0.1) is 0 Å². The average molecular weight is 146 g/mol. The van der Waals surface area contributed by atoms with Gasteiger partial charge in [-0.3, -0.25) is 0 Å². The zero-order chi connectivity index (χ0) is 7.82. The van der Waals surface area contributed by atoms with Crippen LogP contribution in [0.5, 0.6) is 0 Å². The molecule has 60 valence electrons. The maximum atomic E-state index is 9.00. The molecule has 0 rings (SSSR count). The van der Waals surface area contributed by atoms with Gasteiger partial charge in [-0.1, -0.05) is 12.2 Å². The van der Waals surface area contributed by atoms with Crippen molar-refractivity contribution >= 4 is 0 Å². The van der Waals surface area contributed by atoms with Gasteiger partial charge >= 0.3 is 0 Å². The summed E-state index contributed by atoms with van der Waals surface area (Å²) in [5.74, 6) is 0. The second-order valence-electron chi connectivity index (χ2n) is 2.04. The highest BCUT2D eigenvalue weighted by Crippen LogP contribution is 1.96. The van der Waals surface area contributed by atoms with Gasteiger partial charge in [0, 0.05) is 6.61 Å². The van der Waals surface area contributed by atoms with Crippen LogP contribution in [-0.4, -0.2) is 34.6 Å². The quantitative estimate of drug-likeness (QED) is 0.465. The Hall–Kier alpha value is -0.380. The van der Waals surface area contributed by atoms with E-state index in [9.17, 15) is 0 Å². The third-order valence-electron chi connectivity index (χ3n) is 1.12. The van der Waals surface area contributed by atoms with Crippen LogP contribution < -0.4 is 0 Å². The van der Waals surface area contributed by atoms with E-state index in [1.807, 2.05) is 0 Å². The van der Waals surface area contributed by atoms with E-state index in [1.54, 1.807) is 0 Å². The summed E-state index contributed by atoms with van der Waals surface area (Å²) in [5, 5.41) is 25.7. The first-order valence-electron chi connectivity index (χ1n) is 3.37. The Morgan fingerprint density at radius 1 is 1.30 bits per heavy atom. The molecule has 0 bridgehead atoms. The Bertz CT molecular complexity index is 90.9. The highest BCUT2D eigenvalue weighted by molar-refractivity contribution is 4.87. The Morgan fingerprint density at radius 3 is 2.50 bits per heavy atom. The predicted octanol–water partition coefficient (Wildman–Crippen LogP) is -0.332. The van der Waals surface area contributed by atoms with Crippen molar-refractivity contribution in [1.82, 2.24) is 0 Å². The fourth-order valence-electron chi connectivity index (χ4n) is 0.615. The van der Waals surface area contributed by atoms with Crippen molar-refractivity contribution in [2.24, 2.45) is 0 Å². The van der Waals surface area contributed by atoms with Gasteiger partial charge in [-0.05, 0) is 12.8 Å². The maximum absolute atomic E-state index is 9.00. The van der Waals surface area contributed by atoms with Crippen LogP contribution in [0.15, 0.2) is 12.2 Å². The van der Waals surface area contributed by atoms with Gasteiger partial charge in [-0.2, -0.15) is 0 Å². The first-order chi connectivity index (χ1) is 4.81. The standard InChI is InChI=1S/C7H14O3/c8-5-1-3-7(10)4-2-6-9/h1,3,7-10H,2,4-6H2. The molecule has 3 heteroatoms. The van der Waals surface area contributed by atoms with E-state index in [-0.39, 0.29) is 13.2 Å². The lowest BCUT2D eigenvalue weighted by molar-refractivity contribution is 0.189. The Labute approximate surface area is 60.6 Å². The van der Waals surface area contributed by atoms with E-state index < -0.39 is 6.10 Å². The molecule has 0 aromatic heterocycles. The van der Waals surface area contributed by atoms with Crippen LogP contribution in [0.25, 0.3) is 0 Å². The van der Waals surface area contributed by atoms with Crippen LogP contribution in [0.3, 0.4) is 0 Å². The van der Waals surface area contributed by atoms with Crippen molar-refractivity contribution in [1.29, 1.82) is 0 Å². The number of hydrogen-bond donors (Lipinski definition) is 3. The van der Waals surface area contributed by atoms with E-state index in [2.05, 4.69) is 0 Å². The highest BCUT2D eigenvalue weighted by atomic mass is 16.3. The van der Waals surface area contributed by atoms with E-state index >= 15 is 0 Å². The minimum Gasteiger partial charge on any atom is -0.396 e. The summed E-state index contributed by atoms with van der Waals surface area (Å²) >= 11 is 0. The lowest BCUT2D eigenvalue weighted by atomic mass is 10.2. The molecule has 0 radical (unpaired) electrons. The summed E-state index contributed by atoms with van der Waals surface area (Å²) < 4.78 is 0. The van der Waals surface area contributed by atoms with Crippen molar-refractivity contribution in [3.8, 4) is 0 Å². The van der Waals surface area contributed by atoms with Crippen LogP contribution in [0.2, 0.25) is 0 Å². The third kappa shape index (κ3) is 5.75. The largest absolute Gasteiger partial charge is 0.396 e. The van der Waals surface area contributed by atoms with Crippen LogP contribution >= 0.6 is 0 Å². The molecule has 3 nitrogen and oxygen atoms in total. The summed E-state index contributed by atoms with van der Waals surface area (Å²) in [5.41, 5.74) is 0. The summed E-state index contributed by atoms with van der Waals surface area (Å²) in [6, 6.07) is 0. The third-order valence-corrected chi connectivity index (χ3v) is 1.12. The fraction of sp³-hybridized carbons (Fsp3) is 0.714. The molecule has 3 N–H and O–H groups in total. The fourth-order valence-corrected chi connectivity index (χ4v) is 0.615. The van der Waals surface area contributed by atoms with Gasteiger partial charge in [-0.15, -0.1) is 0 Å². The minimum absolute atomic E-state index is 0.0455. The molecule has 0 aromatic carbocycles. The molecule has 0 aliphatic heterocycles. The Morgan fingerprint density at radius 2 is 2.00 bits per heavy atom. The van der Waals surface area contributed by atoms with E-state index in [4.69, 9.17) is 15.3 Å². The van der Waals surface area contributed by atoms with Crippen molar-refractivity contribution in [3.63, 3.8) is 0 Å². The van der Waals surface area contributed by atoms with E-state index in [0.717, 1.165) is 0 Å². The molecule has 1 unspecified atom stereocenters. The van der Waals surface area contributed by atoms with Crippen LogP contribution in [0.1, 0.15) is 12.8 Å². The number of rotatable bonds is 5. The zero-order valence-electron chi connectivity index (χ0n) is 5.90. The SMILES string of the molecule is OCC=CC(O)CCCO. The minimum atomic E-state index is -0.528. The van der Waals surface area contributed by atoms with Gasteiger partial charge in [0.1, 0.15) is 0 Å². The molecule has 0 aromatic rings. The number of hydrogen-bond acceptors (Lipinski definition) is 3. The molecule has 0 saturated carbocycles. The van der Waals surface area contributed by atoms with Crippen molar-refractivity contribution < 1.29 is 15.3 Å². The molecule has 0 saturated heterocycles. The molecule has 0 fully saturated rings. The normalized spacial score (nSPS) is 14.3. The van der Waals surface area contributed by atoms with Crippen LogP contribution in [-0.2, 0) is 0 Å². The number of aliphatic hydroxyl groups is 3. The summed E-state index contributed by atoms with van der Waals surface area (Å²) in [6.45, 7) is 0.0558. The second-order valence-corrected chi connectivity index (χ2v) is 2.04. The molecule has 0 spiro atoms. The topological polar surface area (TPSA) is 60.7 Å². The average Bonchev–Trinajstić information content (AvgIpc) is 1.97. The van der Waals surface area contributed by atoms with Crippen molar-refractivity contribution in [2.45, 2.75) is 18.9 Å². The number of aliphatic hydroxyl groups excluding tert-OH is 3. The van der Waals surface area contributed by atoms with Crippen LogP contribution in [0.4, 0.5) is 0 Å². The molecule has 0 heterocycles. The summed E-state index contributed by atoms with van der Waals surface area (Å²) in [6.07, 6.45) is 3.63. The molecule has 10 heavy (non-hydrogen) atoms. The Balaban J connectivity index is 3.24. The smallest absolute Gasteiger partial charge is 0.0722 e. The van der Waals surface area contributed by atoms with Gasteiger partial charge in [0.15, 0.2) is 0 Å². The molecular weight excluding hydrogens is 132 g/mol. The zero-order valence-corrected chi connectivity index (χ0v) is 5.90. The molecule has 0 aliphatic rings. The van der Waals surface area contributed by atoms with Gasteiger partial charge < -0.3 is 15.3 Å². The highest BCUT2D eigenvalue weighted by Gasteiger charge is 1.95. The first kappa shape index (κ1) is 9.62. The second kappa shape index (κ2) is 6.74. The molecule has 1 atom stereocenters. The molecular formula is C7H14O3. The van der Waals surface area contributed by atoms with Gasteiger partial charge in [0.2, 0.25) is 0 Å². The predicted molar refractivity (Wildman–Crippen MR) is 38.6 cm³/mol. The van der Waals surface area contributed by atoms with E-state index in [0.29, 0.717) is 12.8 Å². The Kier molecular flexibility index (Phi) is 6.48. The molecule has 0 aliphatic carbocycles. The summed E-state index contributed by atoms with van der Waals surface area (Å²) in [4.78, 5) is 0. The summed E-state index contributed by atoms with van der Waals surface area (Å²) in [7, 11) is 0. The maximum Gasteiger partial charge on any atom is 0.0722 e. The lowest BCUT2D eigenvalue weighted by Crippen LogP contribution is -2.02. The van der Waals surface area contributed by atoms with Crippen molar-refractivity contribution in [2.75, 3.05) is 13.2 Å². The van der Waals surface area contributed by atoms with E-state index in [1.165, 1.54) is 12.2 Å². The monoisotopic (exact) mass is 146 g/mol. The molecule has 0 amide bonds. The first-order valence-corrected chi connectivity index (χ1v) is 3.37. The van der Waals surface area contributed by atoms with Crippen molar-refractivity contribution in [3.05, 3.63) is 12.2 Å².